The second-order valence-electron chi connectivity index (χ2n) is 7.40. The Hall–Kier alpha value is -0.540. The third kappa shape index (κ3) is 19.5. The Morgan fingerprint density at radius 3 is 1.79 bits per heavy atom. The van der Waals surface area contributed by atoms with Crippen LogP contribution in [0.25, 0.3) is 0 Å². The molecule has 0 amide bonds. The highest BCUT2D eigenvalue weighted by molar-refractivity contribution is 4.73. The number of hydrogen-bond acceptors (Lipinski definition) is 3. The highest BCUT2D eigenvalue weighted by atomic mass is 16.5. The van der Waals surface area contributed by atoms with E-state index in [-0.39, 0.29) is 13.2 Å². The molecule has 0 aliphatic rings. The quantitative estimate of drug-likeness (QED) is 0.252. The van der Waals surface area contributed by atoms with Crippen molar-refractivity contribution in [1.82, 2.24) is 0 Å². The molecule has 0 radical (unpaired) electrons. The molecular weight excluding hydrogens is 300 g/mol. The number of aliphatic hydroxyl groups excluding tert-OH is 2. The minimum Gasteiger partial charge on any atom is -0.499 e. The van der Waals surface area contributed by atoms with Crippen LogP contribution in [0.1, 0.15) is 97.3 Å². The molecule has 1 unspecified atom stereocenters. The van der Waals surface area contributed by atoms with Crippen molar-refractivity contribution in [2.75, 3.05) is 13.2 Å². The highest BCUT2D eigenvalue weighted by Crippen LogP contribution is 2.14. The fourth-order valence-corrected chi connectivity index (χ4v) is 2.76. The molecule has 0 aromatic rings. The molecule has 24 heavy (non-hydrogen) atoms. The summed E-state index contributed by atoms with van der Waals surface area (Å²) in [7, 11) is 0. The Balaban J connectivity index is 3.08. The van der Waals surface area contributed by atoms with E-state index in [1.54, 1.807) is 6.26 Å². The summed E-state index contributed by atoms with van der Waals surface area (Å²) in [6, 6.07) is 0. The lowest BCUT2D eigenvalue weighted by Crippen LogP contribution is -2.17. The van der Waals surface area contributed by atoms with E-state index in [2.05, 4.69) is 13.8 Å². The minimum atomic E-state index is -0.769. The maximum Gasteiger partial charge on any atom is 0.115 e. The van der Waals surface area contributed by atoms with Gasteiger partial charge in [0.05, 0.1) is 12.9 Å². The van der Waals surface area contributed by atoms with Crippen molar-refractivity contribution in [1.29, 1.82) is 0 Å². The molecule has 0 bridgehead atoms. The molecule has 0 heterocycles. The van der Waals surface area contributed by atoms with E-state index in [4.69, 9.17) is 14.9 Å². The highest BCUT2D eigenvalue weighted by Gasteiger charge is 1.99. The van der Waals surface area contributed by atoms with Crippen LogP contribution in [0.2, 0.25) is 0 Å². The summed E-state index contributed by atoms with van der Waals surface area (Å²) in [6.45, 7) is 4.56. The fraction of sp³-hybridized carbons (Fsp3) is 0.905. The first-order valence-corrected chi connectivity index (χ1v) is 10.2. The monoisotopic (exact) mass is 342 g/mol. The molecule has 3 heteroatoms. The van der Waals surface area contributed by atoms with Crippen LogP contribution in [0.4, 0.5) is 0 Å². The lowest BCUT2D eigenvalue weighted by molar-refractivity contribution is 0.0383. The largest absolute Gasteiger partial charge is 0.499 e. The van der Waals surface area contributed by atoms with Gasteiger partial charge >= 0.3 is 0 Å². The van der Waals surface area contributed by atoms with E-state index < -0.39 is 6.10 Å². The van der Waals surface area contributed by atoms with Crippen LogP contribution in [0.3, 0.4) is 0 Å². The second kappa shape index (κ2) is 18.8. The minimum absolute atomic E-state index is 0.171. The van der Waals surface area contributed by atoms with E-state index in [1.807, 2.05) is 6.08 Å². The van der Waals surface area contributed by atoms with Crippen LogP contribution < -0.4 is 0 Å². The molecule has 1 atom stereocenters. The standard InChI is InChI=1S/C21H42O3/c1-20(2)16-14-12-10-8-6-4-3-5-7-9-11-13-15-17-24-19-21(23)18-22/h15,17,20-23H,3-14,16,18-19H2,1-2H3. The first kappa shape index (κ1) is 23.5. The molecule has 0 rings (SSSR count). The van der Waals surface area contributed by atoms with E-state index in [9.17, 15) is 0 Å². The molecule has 0 saturated carbocycles. The Labute approximate surface area is 150 Å². The van der Waals surface area contributed by atoms with Crippen LogP contribution in [0, 0.1) is 5.92 Å². The van der Waals surface area contributed by atoms with Gasteiger partial charge in [0, 0.05) is 0 Å². The van der Waals surface area contributed by atoms with Gasteiger partial charge in [-0.1, -0.05) is 84.5 Å². The summed E-state index contributed by atoms with van der Waals surface area (Å²) < 4.78 is 5.11. The molecule has 3 nitrogen and oxygen atoms in total. The van der Waals surface area contributed by atoms with E-state index >= 15 is 0 Å². The molecule has 0 aromatic carbocycles. The molecule has 0 fully saturated rings. The summed E-state index contributed by atoms with van der Waals surface area (Å²) in [5.74, 6) is 0.868. The van der Waals surface area contributed by atoms with Crippen molar-refractivity contribution in [2.24, 2.45) is 5.92 Å². The Kier molecular flexibility index (Phi) is 18.4. The zero-order chi connectivity index (χ0) is 17.9. The number of unbranched alkanes of at least 4 members (excludes halogenated alkanes) is 11. The third-order valence-electron chi connectivity index (χ3n) is 4.34. The van der Waals surface area contributed by atoms with E-state index in [1.165, 1.54) is 77.0 Å². The normalized spacial score (nSPS) is 13.0. The summed E-state index contributed by atoms with van der Waals surface area (Å²) in [4.78, 5) is 0. The van der Waals surface area contributed by atoms with Gasteiger partial charge in [0.2, 0.25) is 0 Å². The van der Waals surface area contributed by atoms with Gasteiger partial charge in [-0.2, -0.15) is 0 Å². The predicted molar refractivity (Wildman–Crippen MR) is 103 cm³/mol. The van der Waals surface area contributed by atoms with Crippen LogP contribution in [0.15, 0.2) is 12.3 Å². The van der Waals surface area contributed by atoms with Crippen molar-refractivity contribution >= 4 is 0 Å². The summed E-state index contributed by atoms with van der Waals surface area (Å²) in [6.07, 6.45) is 20.4. The Morgan fingerprint density at radius 1 is 0.792 bits per heavy atom. The first-order chi connectivity index (χ1) is 11.7. The lowest BCUT2D eigenvalue weighted by Gasteiger charge is -2.05. The van der Waals surface area contributed by atoms with Crippen molar-refractivity contribution in [3.63, 3.8) is 0 Å². The topological polar surface area (TPSA) is 49.7 Å². The zero-order valence-electron chi connectivity index (χ0n) is 16.2. The van der Waals surface area contributed by atoms with Crippen LogP contribution in [-0.2, 0) is 4.74 Å². The summed E-state index contributed by atoms with van der Waals surface area (Å²) >= 11 is 0. The van der Waals surface area contributed by atoms with Gasteiger partial charge in [0.1, 0.15) is 12.7 Å². The van der Waals surface area contributed by atoms with Crippen molar-refractivity contribution in [2.45, 2.75) is 103 Å². The van der Waals surface area contributed by atoms with Crippen molar-refractivity contribution < 1.29 is 14.9 Å². The van der Waals surface area contributed by atoms with E-state index in [0.29, 0.717) is 0 Å². The van der Waals surface area contributed by atoms with Crippen LogP contribution in [-0.4, -0.2) is 29.5 Å². The van der Waals surface area contributed by atoms with Gasteiger partial charge in [-0.3, -0.25) is 0 Å². The van der Waals surface area contributed by atoms with E-state index in [0.717, 1.165) is 12.3 Å². The number of allylic oxidation sites excluding steroid dienone is 1. The van der Waals surface area contributed by atoms with Gasteiger partial charge in [-0.25, -0.2) is 0 Å². The van der Waals surface area contributed by atoms with Crippen LogP contribution in [0.5, 0.6) is 0 Å². The van der Waals surface area contributed by atoms with Gasteiger partial charge in [-0.15, -0.1) is 0 Å². The Morgan fingerprint density at radius 2 is 1.29 bits per heavy atom. The summed E-state index contributed by atoms with van der Waals surface area (Å²) in [5.41, 5.74) is 0. The number of aliphatic hydroxyl groups is 2. The zero-order valence-corrected chi connectivity index (χ0v) is 16.2. The van der Waals surface area contributed by atoms with Gasteiger partial charge in [0.25, 0.3) is 0 Å². The van der Waals surface area contributed by atoms with Gasteiger partial charge in [0.15, 0.2) is 0 Å². The van der Waals surface area contributed by atoms with Crippen molar-refractivity contribution in [3.8, 4) is 0 Å². The molecule has 0 aromatic heterocycles. The lowest BCUT2D eigenvalue weighted by atomic mass is 10.0. The summed E-state index contributed by atoms with van der Waals surface area (Å²) in [5, 5.41) is 17.7. The maximum absolute atomic E-state index is 9.08. The fourth-order valence-electron chi connectivity index (χ4n) is 2.76. The predicted octanol–water partition coefficient (Wildman–Crippen LogP) is 5.60. The molecule has 0 aliphatic carbocycles. The number of rotatable bonds is 18. The average molecular weight is 343 g/mol. The molecule has 2 N–H and O–H groups in total. The third-order valence-corrected chi connectivity index (χ3v) is 4.34. The first-order valence-electron chi connectivity index (χ1n) is 10.2. The van der Waals surface area contributed by atoms with Gasteiger partial charge in [-0.05, 0) is 24.8 Å². The Bertz CT molecular complexity index is 264. The number of hydrogen-bond donors (Lipinski definition) is 2. The average Bonchev–Trinajstić information content (AvgIpc) is 2.57. The molecule has 144 valence electrons. The molecule has 0 spiro atoms. The smallest absolute Gasteiger partial charge is 0.115 e. The molecular formula is C21H42O3. The van der Waals surface area contributed by atoms with Gasteiger partial charge < -0.3 is 14.9 Å². The maximum atomic E-state index is 9.08. The SMILES string of the molecule is CC(C)CCCCCCCCCCCCCC=COCC(O)CO. The molecule has 0 saturated heterocycles. The second-order valence-corrected chi connectivity index (χ2v) is 7.40. The number of ether oxygens (including phenoxy) is 1. The van der Waals surface area contributed by atoms with Crippen molar-refractivity contribution in [3.05, 3.63) is 12.3 Å². The van der Waals surface area contributed by atoms with Crippen LogP contribution >= 0.6 is 0 Å². The molecule has 0 aliphatic heterocycles.